The van der Waals surface area contributed by atoms with E-state index in [1.807, 2.05) is 25.1 Å². The summed E-state index contributed by atoms with van der Waals surface area (Å²) in [5.74, 6) is 1.49. The number of fused-ring (bicyclic) bond motifs is 1. The molecule has 5 heteroatoms. The Morgan fingerprint density at radius 1 is 1.40 bits per heavy atom. The van der Waals surface area contributed by atoms with Crippen LogP contribution in [0.3, 0.4) is 0 Å². The van der Waals surface area contributed by atoms with Crippen molar-refractivity contribution in [3.05, 3.63) is 42.2 Å². The summed E-state index contributed by atoms with van der Waals surface area (Å²) in [5, 5.41) is 0.992. The Kier molecular flexibility index (Phi) is 5.13. The smallest absolute Gasteiger partial charge is 0.246 e. The third-order valence-corrected chi connectivity index (χ3v) is 4.96. The van der Waals surface area contributed by atoms with Gasteiger partial charge in [0.05, 0.1) is 18.0 Å². The number of carbonyl (C=O) groups excluding carboxylic acids is 1. The Hall–Kier alpha value is -2.27. The van der Waals surface area contributed by atoms with Gasteiger partial charge < -0.3 is 19.8 Å². The molecule has 0 spiro atoms. The predicted octanol–water partition coefficient (Wildman–Crippen LogP) is 3.53. The predicted molar refractivity (Wildman–Crippen MR) is 98.5 cm³/mol. The van der Waals surface area contributed by atoms with Gasteiger partial charge in [0.25, 0.3) is 0 Å². The van der Waals surface area contributed by atoms with Crippen LogP contribution in [0.4, 0.5) is 0 Å². The van der Waals surface area contributed by atoms with Crippen LogP contribution in [0.5, 0.6) is 5.75 Å². The summed E-state index contributed by atoms with van der Waals surface area (Å²) >= 11 is 0. The van der Waals surface area contributed by atoms with Crippen molar-refractivity contribution in [1.29, 1.82) is 0 Å². The molecule has 1 aliphatic carbocycles. The van der Waals surface area contributed by atoms with Gasteiger partial charge in [0.2, 0.25) is 5.91 Å². The van der Waals surface area contributed by atoms with Gasteiger partial charge in [-0.05, 0) is 50.8 Å². The Morgan fingerprint density at radius 3 is 2.80 bits per heavy atom. The fourth-order valence-electron chi connectivity index (χ4n) is 3.40. The fraction of sp³-hybridized carbons (Fsp3) is 0.450. The standard InChI is InChI=1S/C20H26N2O3/c1-4-19(23)22(3)12-18-13(2)20-16(6-5-7-17(20)25-18)24-15-10-8-14(21)9-11-15/h4-7,14-15H,1,8-12,21H2,2-3H3. The number of benzene rings is 1. The minimum atomic E-state index is -0.130. The number of ether oxygens (including phenoxy) is 1. The van der Waals surface area contributed by atoms with Crippen LogP contribution in [0, 0.1) is 6.92 Å². The molecule has 1 aromatic heterocycles. The summed E-state index contributed by atoms with van der Waals surface area (Å²) in [6.45, 7) is 5.94. The third kappa shape index (κ3) is 3.71. The number of hydrogen-bond donors (Lipinski definition) is 1. The Bertz CT molecular complexity index is 773. The van der Waals surface area contributed by atoms with Crippen LogP contribution in [0.25, 0.3) is 11.0 Å². The largest absolute Gasteiger partial charge is 0.490 e. The van der Waals surface area contributed by atoms with Gasteiger partial charge in [-0.2, -0.15) is 0 Å². The molecule has 0 bridgehead atoms. The second-order valence-corrected chi connectivity index (χ2v) is 6.83. The molecule has 0 atom stereocenters. The maximum atomic E-state index is 11.7. The maximum Gasteiger partial charge on any atom is 0.246 e. The van der Waals surface area contributed by atoms with E-state index in [4.69, 9.17) is 14.9 Å². The molecular formula is C20H26N2O3. The van der Waals surface area contributed by atoms with Crippen molar-refractivity contribution in [2.24, 2.45) is 5.73 Å². The Labute approximate surface area is 148 Å². The molecule has 3 rings (SSSR count). The van der Waals surface area contributed by atoms with Gasteiger partial charge in [-0.25, -0.2) is 0 Å². The lowest BCUT2D eigenvalue weighted by Gasteiger charge is -2.27. The van der Waals surface area contributed by atoms with Crippen molar-refractivity contribution in [2.45, 2.75) is 51.3 Å². The summed E-state index contributed by atoms with van der Waals surface area (Å²) < 4.78 is 12.3. The van der Waals surface area contributed by atoms with Crippen LogP contribution in [-0.2, 0) is 11.3 Å². The topological polar surface area (TPSA) is 68.7 Å². The fourth-order valence-corrected chi connectivity index (χ4v) is 3.40. The van der Waals surface area contributed by atoms with E-state index in [0.29, 0.717) is 12.6 Å². The van der Waals surface area contributed by atoms with Crippen LogP contribution in [0.2, 0.25) is 0 Å². The van der Waals surface area contributed by atoms with Crippen molar-refractivity contribution < 1.29 is 13.9 Å². The zero-order chi connectivity index (χ0) is 18.0. The van der Waals surface area contributed by atoms with Gasteiger partial charge in [0, 0.05) is 18.7 Å². The number of carbonyl (C=O) groups is 1. The molecule has 0 saturated heterocycles. The van der Waals surface area contributed by atoms with Crippen LogP contribution in [0.1, 0.15) is 37.0 Å². The van der Waals surface area contributed by atoms with E-state index in [0.717, 1.165) is 53.7 Å². The summed E-state index contributed by atoms with van der Waals surface area (Å²) in [5.41, 5.74) is 7.79. The van der Waals surface area contributed by atoms with Crippen molar-refractivity contribution in [1.82, 2.24) is 4.90 Å². The minimum absolute atomic E-state index is 0.130. The molecule has 1 amide bonds. The number of rotatable bonds is 5. The lowest BCUT2D eigenvalue weighted by atomic mass is 9.93. The monoisotopic (exact) mass is 342 g/mol. The van der Waals surface area contributed by atoms with Crippen molar-refractivity contribution in [3.63, 3.8) is 0 Å². The molecule has 25 heavy (non-hydrogen) atoms. The molecule has 5 nitrogen and oxygen atoms in total. The molecule has 1 heterocycles. The first kappa shape index (κ1) is 17.5. The average Bonchev–Trinajstić information content (AvgIpc) is 2.93. The number of hydrogen-bond acceptors (Lipinski definition) is 4. The lowest BCUT2D eigenvalue weighted by Crippen LogP contribution is -2.31. The second-order valence-electron chi connectivity index (χ2n) is 6.83. The maximum absolute atomic E-state index is 11.7. The highest BCUT2D eigenvalue weighted by Crippen LogP contribution is 2.35. The molecule has 1 saturated carbocycles. The molecule has 1 aliphatic rings. The van der Waals surface area contributed by atoms with Crippen LogP contribution >= 0.6 is 0 Å². The van der Waals surface area contributed by atoms with Gasteiger partial charge in [-0.1, -0.05) is 12.6 Å². The van der Waals surface area contributed by atoms with Gasteiger partial charge in [0.1, 0.15) is 17.1 Å². The summed E-state index contributed by atoms with van der Waals surface area (Å²) in [7, 11) is 1.74. The van der Waals surface area contributed by atoms with Gasteiger partial charge in [-0.3, -0.25) is 4.79 Å². The van der Waals surface area contributed by atoms with E-state index in [-0.39, 0.29) is 12.0 Å². The average molecular weight is 342 g/mol. The zero-order valence-electron chi connectivity index (χ0n) is 15.0. The molecule has 0 unspecified atom stereocenters. The lowest BCUT2D eigenvalue weighted by molar-refractivity contribution is -0.125. The van der Waals surface area contributed by atoms with E-state index >= 15 is 0 Å². The van der Waals surface area contributed by atoms with E-state index < -0.39 is 0 Å². The van der Waals surface area contributed by atoms with Gasteiger partial charge in [-0.15, -0.1) is 0 Å². The van der Waals surface area contributed by atoms with Crippen LogP contribution in [0.15, 0.2) is 35.3 Å². The number of aryl methyl sites for hydroxylation is 1. The van der Waals surface area contributed by atoms with Crippen molar-refractivity contribution >= 4 is 16.9 Å². The highest BCUT2D eigenvalue weighted by molar-refractivity contribution is 5.89. The molecule has 1 aromatic carbocycles. The number of nitrogens with two attached hydrogens (primary N) is 1. The Balaban J connectivity index is 1.85. The van der Waals surface area contributed by atoms with Gasteiger partial charge >= 0.3 is 0 Å². The van der Waals surface area contributed by atoms with E-state index in [1.54, 1.807) is 11.9 Å². The van der Waals surface area contributed by atoms with Gasteiger partial charge in [0.15, 0.2) is 0 Å². The number of nitrogens with zero attached hydrogens (tertiary/aromatic N) is 1. The molecule has 0 aliphatic heterocycles. The Morgan fingerprint density at radius 2 is 2.12 bits per heavy atom. The molecule has 2 aromatic rings. The summed E-state index contributed by atoms with van der Waals surface area (Å²) in [4.78, 5) is 13.3. The first-order chi connectivity index (χ1) is 12.0. The highest BCUT2D eigenvalue weighted by atomic mass is 16.5. The van der Waals surface area contributed by atoms with Crippen LogP contribution < -0.4 is 10.5 Å². The molecule has 1 fully saturated rings. The second kappa shape index (κ2) is 7.31. The normalized spacial score (nSPS) is 20.4. The highest BCUT2D eigenvalue weighted by Gasteiger charge is 2.22. The molecule has 2 N–H and O–H groups in total. The molecule has 0 radical (unpaired) electrons. The van der Waals surface area contributed by atoms with Crippen molar-refractivity contribution in [2.75, 3.05) is 7.05 Å². The van der Waals surface area contributed by atoms with E-state index in [9.17, 15) is 4.79 Å². The van der Waals surface area contributed by atoms with E-state index in [1.165, 1.54) is 6.08 Å². The molecular weight excluding hydrogens is 316 g/mol. The third-order valence-electron chi connectivity index (χ3n) is 4.96. The quantitative estimate of drug-likeness (QED) is 0.844. The summed E-state index contributed by atoms with van der Waals surface area (Å²) in [6, 6.07) is 6.17. The first-order valence-corrected chi connectivity index (χ1v) is 8.80. The van der Waals surface area contributed by atoms with Crippen molar-refractivity contribution in [3.8, 4) is 5.75 Å². The van der Waals surface area contributed by atoms with Crippen LogP contribution in [-0.4, -0.2) is 30.0 Å². The number of likely N-dealkylation sites (N-methyl/N-ethyl adjacent to an activating group) is 1. The zero-order valence-corrected chi connectivity index (χ0v) is 15.0. The first-order valence-electron chi connectivity index (χ1n) is 8.80. The SMILES string of the molecule is C=CC(=O)N(C)Cc1oc2cccc(OC3CCC(N)CC3)c2c1C. The molecule has 134 valence electrons. The summed E-state index contributed by atoms with van der Waals surface area (Å²) in [6.07, 6.45) is 5.49. The minimum Gasteiger partial charge on any atom is -0.490 e. The number of amides is 1. The number of furan rings is 1. The van der Waals surface area contributed by atoms with E-state index in [2.05, 4.69) is 6.58 Å².